The molecule has 1 saturated heterocycles. The minimum atomic E-state index is 0.0705. The Kier molecular flexibility index (Phi) is 4.22. The third-order valence-corrected chi connectivity index (χ3v) is 5.15. The number of hydrogen-bond donors (Lipinski definition) is 0. The van der Waals surface area contributed by atoms with Gasteiger partial charge >= 0.3 is 0 Å². The van der Waals surface area contributed by atoms with Gasteiger partial charge in [-0.25, -0.2) is 4.68 Å². The third-order valence-electron chi connectivity index (χ3n) is 5.15. The van der Waals surface area contributed by atoms with Crippen LogP contribution in [-0.2, 0) is 25.9 Å². The van der Waals surface area contributed by atoms with Gasteiger partial charge in [-0.05, 0) is 43.7 Å². The van der Waals surface area contributed by atoms with E-state index < -0.39 is 0 Å². The summed E-state index contributed by atoms with van der Waals surface area (Å²) < 4.78 is 3.70. The van der Waals surface area contributed by atoms with Crippen molar-refractivity contribution in [3.05, 3.63) is 45.6 Å². The van der Waals surface area contributed by atoms with Crippen LogP contribution in [0.3, 0.4) is 0 Å². The second kappa shape index (κ2) is 6.51. The van der Waals surface area contributed by atoms with Crippen LogP contribution < -0.4 is 5.56 Å². The van der Waals surface area contributed by atoms with Gasteiger partial charge in [0.2, 0.25) is 0 Å². The zero-order valence-electron chi connectivity index (χ0n) is 14.3. The van der Waals surface area contributed by atoms with Crippen LogP contribution in [0.25, 0.3) is 0 Å². The van der Waals surface area contributed by atoms with Gasteiger partial charge in [0, 0.05) is 37.8 Å². The molecule has 0 amide bonds. The summed E-state index contributed by atoms with van der Waals surface area (Å²) in [6.07, 6.45) is 8.40. The van der Waals surface area contributed by atoms with E-state index in [0.717, 1.165) is 51.3 Å². The van der Waals surface area contributed by atoms with Crippen LogP contribution in [0.5, 0.6) is 0 Å². The molecule has 128 valence electrons. The highest BCUT2D eigenvalue weighted by Gasteiger charge is 2.27. The Morgan fingerprint density at radius 2 is 2.04 bits per heavy atom. The quantitative estimate of drug-likeness (QED) is 0.830. The topological polar surface area (TPSA) is 56.0 Å². The van der Waals surface area contributed by atoms with Gasteiger partial charge in [-0.15, -0.1) is 0 Å². The first-order valence-electron chi connectivity index (χ1n) is 8.99. The van der Waals surface area contributed by atoms with Crippen molar-refractivity contribution in [1.82, 2.24) is 24.5 Å². The lowest BCUT2D eigenvalue weighted by Gasteiger charge is -2.39. The first-order valence-corrected chi connectivity index (χ1v) is 8.99. The molecule has 6 nitrogen and oxygen atoms in total. The molecule has 0 aromatic carbocycles. The smallest absolute Gasteiger partial charge is 0.267 e. The lowest BCUT2D eigenvalue weighted by Crippen LogP contribution is -2.50. The van der Waals surface area contributed by atoms with E-state index >= 15 is 0 Å². The van der Waals surface area contributed by atoms with Crippen LogP contribution in [0.2, 0.25) is 0 Å². The van der Waals surface area contributed by atoms with Gasteiger partial charge in [0.25, 0.3) is 5.56 Å². The molecule has 3 heterocycles. The number of aromatic nitrogens is 4. The third kappa shape index (κ3) is 3.29. The number of nitrogens with zero attached hydrogens (tertiary/aromatic N) is 5. The molecule has 2 aliphatic rings. The van der Waals surface area contributed by atoms with Crippen molar-refractivity contribution in [1.29, 1.82) is 0 Å². The lowest BCUT2D eigenvalue weighted by molar-refractivity contribution is 0.0792. The maximum absolute atomic E-state index is 12.2. The van der Waals surface area contributed by atoms with Crippen molar-refractivity contribution in [3.63, 3.8) is 0 Å². The van der Waals surface area contributed by atoms with Crippen molar-refractivity contribution in [2.75, 3.05) is 19.6 Å². The predicted octanol–water partition coefficient (Wildman–Crippen LogP) is 1.26. The molecule has 2 aromatic rings. The molecule has 0 bridgehead atoms. The zero-order chi connectivity index (χ0) is 16.5. The first kappa shape index (κ1) is 15.6. The molecule has 2 aromatic heterocycles. The molecule has 6 heteroatoms. The number of likely N-dealkylation sites (tertiary alicyclic amines) is 1. The Hall–Kier alpha value is -1.95. The molecular weight excluding hydrogens is 302 g/mol. The van der Waals surface area contributed by atoms with Crippen LogP contribution in [0.4, 0.5) is 0 Å². The number of hydrogen-bond acceptors (Lipinski definition) is 4. The van der Waals surface area contributed by atoms with Crippen molar-refractivity contribution in [3.8, 4) is 0 Å². The van der Waals surface area contributed by atoms with Crippen molar-refractivity contribution in [2.24, 2.45) is 5.92 Å². The van der Waals surface area contributed by atoms with Crippen LogP contribution >= 0.6 is 0 Å². The normalized spacial score (nSPS) is 18.4. The Morgan fingerprint density at radius 3 is 2.83 bits per heavy atom. The largest absolute Gasteiger partial charge is 0.301 e. The summed E-state index contributed by atoms with van der Waals surface area (Å²) in [6, 6.07) is 1.82. The fraction of sp³-hybridized carbons (Fsp3) is 0.611. The van der Waals surface area contributed by atoms with Crippen LogP contribution in [-0.4, -0.2) is 44.1 Å². The van der Waals surface area contributed by atoms with E-state index in [1.165, 1.54) is 24.0 Å². The summed E-state index contributed by atoms with van der Waals surface area (Å²) in [5.74, 6) is 0.538. The molecule has 1 aliphatic heterocycles. The molecule has 0 spiro atoms. The Balaban J connectivity index is 1.29. The molecule has 0 atom stereocenters. The van der Waals surface area contributed by atoms with E-state index in [1.807, 2.05) is 16.9 Å². The zero-order valence-corrected chi connectivity index (χ0v) is 14.3. The first-order chi connectivity index (χ1) is 11.7. The molecular formula is C18H25N5O. The minimum Gasteiger partial charge on any atom is -0.301 e. The second-order valence-electron chi connectivity index (χ2n) is 7.25. The van der Waals surface area contributed by atoms with E-state index in [4.69, 9.17) is 0 Å². The molecule has 1 fully saturated rings. The molecule has 0 radical (unpaired) electrons. The highest BCUT2D eigenvalue weighted by atomic mass is 16.1. The fourth-order valence-electron chi connectivity index (χ4n) is 3.78. The highest BCUT2D eigenvalue weighted by Crippen LogP contribution is 2.19. The molecule has 4 rings (SSSR count). The van der Waals surface area contributed by atoms with E-state index in [1.54, 1.807) is 4.68 Å². The second-order valence-corrected chi connectivity index (χ2v) is 7.25. The Morgan fingerprint density at radius 1 is 1.21 bits per heavy atom. The van der Waals surface area contributed by atoms with Gasteiger partial charge in [0.05, 0.1) is 25.0 Å². The van der Waals surface area contributed by atoms with Gasteiger partial charge in [0.15, 0.2) is 0 Å². The van der Waals surface area contributed by atoms with Gasteiger partial charge in [-0.1, -0.05) is 0 Å². The maximum atomic E-state index is 12.2. The number of aryl methyl sites for hydroxylation is 3. The number of fused-ring (bicyclic) bond motifs is 1. The summed E-state index contributed by atoms with van der Waals surface area (Å²) in [5, 5.41) is 8.95. The lowest BCUT2D eigenvalue weighted by atomic mass is 9.96. The minimum absolute atomic E-state index is 0.0705. The molecule has 0 unspecified atom stereocenters. The average molecular weight is 327 g/mol. The maximum Gasteiger partial charge on any atom is 0.267 e. The summed E-state index contributed by atoms with van der Waals surface area (Å²) in [6.45, 7) is 6.86. The summed E-state index contributed by atoms with van der Waals surface area (Å²) in [7, 11) is 0. The number of rotatable bonds is 5. The van der Waals surface area contributed by atoms with E-state index in [0.29, 0.717) is 5.92 Å². The predicted molar refractivity (Wildman–Crippen MR) is 92.0 cm³/mol. The van der Waals surface area contributed by atoms with Crippen molar-refractivity contribution >= 4 is 0 Å². The Bertz CT molecular complexity index is 772. The van der Waals surface area contributed by atoms with E-state index in [2.05, 4.69) is 28.2 Å². The molecule has 24 heavy (non-hydrogen) atoms. The van der Waals surface area contributed by atoms with Crippen LogP contribution in [0, 0.1) is 12.8 Å². The van der Waals surface area contributed by atoms with E-state index in [9.17, 15) is 4.79 Å². The summed E-state index contributed by atoms with van der Waals surface area (Å²) >= 11 is 0. The van der Waals surface area contributed by atoms with Crippen LogP contribution in [0.1, 0.15) is 29.7 Å². The highest BCUT2D eigenvalue weighted by molar-refractivity contribution is 5.20. The van der Waals surface area contributed by atoms with Gasteiger partial charge in [-0.3, -0.25) is 9.48 Å². The van der Waals surface area contributed by atoms with Gasteiger partial charge in [0.1, 0.15) is 0 Å². The van der Waals surface area contributed by atoms with Gasteiger partial charge < -0.3 is 4.90 Å². The fourth-order valence-corrected chi connectivity index (χ4v) is 3.78. The standard InChI is InChI=1S/C18H25N5O/c1-14-9-19-22(10-14)7-6-21-11-15(12-21)13-23-18(24)8-16-4-2-3-5-17(16)20-23/h8-10,15H,2-7,11-13H2,1H3. The summed E-state index contributed by atoms with van der Waals surface area (Å²) in [4.78, 5) is 14.7. The summed E-state index contributed by atoms with van der Waals surface area (Å²) in [5.41, 5.74) is 3.59. The average Bonchev–Trinajstić information content (AvgIpc) is 2.95. The monoisotopic (exact) mass is 327 g/mol. The molecule has 0 N–H and O–H groups in total. The van der Waals surface area contributed by atoms with Crippen LogP contribution in [0.15, 0.2) is 23.3 Å². The van der Waals surface area contributed by atoms with Crippen molar-refractivity contribution < 1.29 is 0 Å². The van der Waals surface area contributed by atoms with Gasteiger partial charge in [-0.2, -0.15) is 10.2 Å². The Labute approximate surface area is 142 Å². The SMILES string of the molecule is Cc1cnn(CCN2CC(Cn3nc4c(cc3=O)CCCC4)C2)c1. The molecule has 1 aliphatic carbocycles. The van der Waals surface area contributed by atoms with Crippen molar-refractivity contribution in [2.45, 2.75) is 45.7 Å². The van der Waals surface area contributed by atoms with E-state index in [-0.39, 0.29) is 5.56 Å². The molecule has 0 saturated carbocycles.